The lowest BCUT2D eigenvalue weighted by Gasteiger charge is -2.05. The second kappa shape index (κ2) is 6.47. The molecule has 0 aliphatic heterocycles. The highest BCUT2D eigenvalue weighted by atomic mass is 19.1. The van der Waals surface area contributed by atoms with Crippen LogP contribution in [-0.2, 0) is 6.61 Å². The lowest BCUT2D eigenvalue weighted by atomic mass is 10.2. The Bertz CT molecular complexity index is 914. The highest BCUT2D eigenvalue weighted by Gasteiger charge is 2.13. The summed E-state index contributed by atoms with van der Waals surface area (Å²) in [5.74, 6) is -0.861. The minimum Gasteiger partial charge on any atom is -0.392 e. The number of aliphatic hydroxyl groups is 1. The van der Waals surface area contributed by atoms with Gasteiger partial charge >= 0.3 is 0 Å². The van der Waals surface area contributed by atoms with Gasteiger partial charge in [-0.3, -0.25) is 14.7 Å². The molecule has 0 saturated carbocycles. The SMILES string of the molecule is O=C(Nc1ccc(CO)cc1)c1cc(=O)n(-c2ccc(F)cn2)[nH]1. The Morgan fingerprint density at radius 2 is 2.00 bits per heavy atom. The summed E-state index contributed by atoms with van der Waals surface area (Å²) in [5.41, 5.74) is 0.785. The van der Waals surface area contributed by atoms with Gasteiger partial charge < -0.3 is 10.4 Å². The molecule has 0 aliphatic carbocycles. The van der Waals surface area contributed by atoms with E-state index in [0.29, 0.717) is 5.69 Å². The van der Waals surface area contributed by atoms with Crippen molar-refractivity contribution < 1.29 is 14.3 Å². The van der Waals surface area contributed by atoms with Crippen LogP contribution in [0.25, 0.3) is 5.82 Å². The van der Waals surface area contributed by atoms with Crippen molar-refractivity contribution in [1.29, 1.82) is 0 Å². The van der Waals surface area contributed by atoms with Crippen molar-refractivity contribution in [1.82, 2.24) is 14.8 Å². The third-order valence-corrected chi connectivity index (χ3v) is 3.30. The molecule has 0 radical (unpaired) electrons. The zero-order valence-corrected chi connectivity index (χ0v) is 12.4. The normalized spacial score (nSPS) is 10.6. The molecular formula is C16H13FN4O3. The number of nitrogens with one attached hydrogen (secondary N) is 2. The van der Waals surface area contributed by atoms with Gasteiger partial charge in [0.1, 0.15) is 11.5 Å². The monoisotopic (exact) mass is 328 g/mol. The van der Waals surface area contributed by atoms with E-state index in [9.17, 15) is 14.0 Å². The van der Waals surface area contributed by atoms with Crippen molar-refractivity contribution >= 4 is 11.6 Å². The first-order chi connectivity index (χ1) is 11.6. The summed E-state index contributed by atoms with van der Waals surface area (Å²) >= 11 is 0. The third-order valence-electron chi connectivity index (χ3n) is 3.30. The summed E-state index contributed by atoms with van der Waals surface area (Å²) in [5, 5.41) is 14.2. The molecule has 0 atom stereocenters. The lowest BCUT2D eigenvalue weighted by molar-refractivity contribution is 0.102. The first-order valence-corrected chi connectivity index (χ1v) is 7.02. The first-order valence-electron chi connectivity index (χ1n) is 7.02. The fourth-order valence-corrected chi connectivity index (χ4v) is 2.07. The van der Waals surface area contributed by atoms with Crippen molar-refractivity contribution in [3.05, 3.63) is 76.1 Å². The molecule has 0 bridgehead atoms. The Morgan fingerprint density at radius 1 is 1.25 bits per heavy atom. The second-order valence-corrected chi connectivity index (χ2v) is 4.99. The molecule has 2 aromatic heterocycles. The Hall–Kier alpha value is -3.26. The van der Waals surface area contributed by atoms with Gasteiger partial charge in [-0.05, 0) is 29.8 Å². The second-order valence-electron chi connectivity index (χ2n) is 4.99. The number of H-pyrrole nitrogens is 1. The number of aliphatic hydroxyl groups excluding tert-OH is 1. The van der Waals surface area contributed by atoms with Crippen molar-refractivity contribution in [3.8, 4) is 5.82 Å². The Balaban J connectivity index is 1.81. The summed E-state index contributed by atoms with van der Waals surface area (Å²) in [4.78, 5) is 27.9. The van der Waals surface area contributed by atoms with Crippen molar-refractivity contribution in [2.75, 3.05) is 5.32 Å². The minimum atomic E-state index is -0.525. The van der Waals surface area contributed by atoms with E-state index >= 15 is 0 Å². The number of hydrogen-bond donors (Lipinski definition) is 3. The molecule has 3 rings (SSSR count). The molecule has 0 unspecified atom stereocenters. The van der Waals surface area contributed by atoms with Crippen molar-refractivity contribution in [2.24, 2.45) is 0 Å². The topological polar surface area (TPSA) is 100 Å². The van der Waals surface area contributed by atoms with Crippen LogP contribution in [0.4, 0.5) is 10.1 Å². The maximum Gasteiger partial charge on any atom is 0.273 e. The number of carbonyl (C=O) groups excluding carboxylic acids is 1. The average molecular weight is 328 g/mol. The van der Waals surface area contributed by atoms with Crippen molar-refractivity contribution in [2.45, 2.75) is 6.61 Å². The van der Waals surface area contributed by atoms with Crippen LogP contribution in [0.5, 0.6) is 0 Å². The molecule has 3 aromatic rings. The summed E-state index contributed by atoms with van der Waals surface area (Å²) < 4.78 is 13.9. The van der Waals surface area contributed by atoms with Gasteiger partial charge in [0.15, 0.2) is 5.82 Å². The van der Waals surface area contributed by atoms with E-state index < -0.39 is 17.3 Å². The summed E-state index contributed by atoms with van der Waals surface area (Å²) in [6.07, 6.45) is 0.977. The number of aromatic amines is 1. The van der Waals surface area contributed by atoms with Crippen LogP contribution in [0, 0.1) is 5.82 Å². The molecule has 3 N–H and O–H groups in total. The van der Waals surface area contributed by atoms with Crippen LogP contribution in [0.1, 0.15) is 16.1 Å². The first kappa shape index (κ1) is 15.6. The van der Waals surface area contributed by atoms with Crippen LogP contribution in [0.3, 0.4) is 0 Å². The van der Waals surface area contributed by atoms with Gasteiger partial charge in [-0.1, -0.05) is 12.1 Å². The molecule has 122 valence electrons. The van der Waals surface area contributed by atoms with Crippen molar-refractivity contribution in [3.63, 3.8) is 0 Å². The van der Waals surface area contributed by atoms with Crippen LogP contribution in [-0.4, -0.2) is 25.8 Å². The fraction of sp³-hybridized carbons (Fsp3) is 0.0625. The predicted octanol–water partition coefficient (Wildman–Crippen LogP) is 1.44. The van der Waals surface area contributed by atoms with E-state index in [4.69, 9.17) is 5.11 Å². The number of halogens is 1. The molecule has 24 heavy (non-hydrogen) atoms. The summed E-state index contributed by atoms with van der Waals surface area (Å²) in [6, 6.07) is 10.2. The van der Waals surface area contributed by atoms with E-state index in [1.807, 2.05) is 0 Å². The smallest absolute Gasteiger partial charge is 0.273 e. The molecule has 0 aliphatic rings. The van der Waals surface area contributed by atoms with E-state index in [-0.39, 0.29) is 18.1 Å². The largest absolute Gasteiger partial charge is 0.392 e. The maximum absolute atomic E-state index is 12.9. The third kappa shape index (κ3) is 3.23. The zero-order chi connectivity index (χ0) is 17.1. The molecule has 8 heteroatoms. The number of nitrogens with zero attached hydrogens (tertiary/aromatic N) is 2. The summed E-state index contributed by atoms with van der Waals surface area (Å²) in [6.45, 7) is -0.0882. The quantitative estimate of drug-likeness (QED) is 0.675. The number of carbonyl (C=O) groups is 1. The highest BCUT2D eigenvalue weighted by Crippen LogP contribution is 2.11. The Labute approximate surface area is 135 Å². The van der Waals surface area contributed by atoms with Gasteiger partial charge in [0.05, 0.1) is 12.8 Å². The Kier molecular flexibility index (Phi) is 4.21. The minimum absolute atomic E-state index is 0.0392. The van der Waals surface area contributed by atoms with Gasteiger partial charge in [0.2, 0.25) is 0 Å². The molecule has 0 saturated heterocycles. The maximum atomic E-state index is 12.9. The van der Waals surface area contributed by atoms with Gasteiger partial charge in [0.25, 0.3) is 11.5 Å². The van der Waals surface area contributed by atoms with E-state index in [1.54, 1.807) is 24.3 Å². The van der Waals surface area contributed by atoms with Crippen LogP contribution < -0.4 is 10.9 Å². The molecular weight excluding hydrogens is 315 g/mol. The van der Waals surface area contributed by atoms with Crippen LogP contribution in [0.2, 0.25) is 0 Å². The number of amides is 1. The fourth-order valence-electron chi connectivity index (χ4n) is 2.07. The molecule has 2 heterocycles. The van der Waals surface area contributed by atoms with Gasteiger partial charge in [-0.2, -0.15) is 0 Å². The van der Waals surface area contributed by atoms with Gasteiger partial charge in [0, 0.05) is 11.8 Å². The number of rotatable bonds is 4. The van der Waals surface area contributed by atoms with Gasteiger partial charge in [-0.25, -0.2) is 14.1 Å². The van der Waals surface area contributed by atoms with Crippen LogP contribution in [0.15, 0.2) is 53.5 Å². The highest BCUT2D eigenvalue weighted by molar-refractivity contribution is 6.02. The molecule has 7 nitrogen and oxygen atoms in total. The number of pyridine rings is 1. The average Bonchev–Trinajstić information content (AvgIpc) is 2.98. The molecule has 0 fully saturated rings. The number of hydrogen-bond acceptors (Lipinski definition) is 4. The zero-order valence-electron chi connectivity index (χ0n) is 12.4. The molecule has 1 amide bonds. The number of aromatic nitrogens is 3. The van der Waals surface area contributed by atoms with E-state index in [2.05, 4.69) is 15.4 Å². The summed E-state index contributed by atoms with van der Waals surface area (Å²) in [7, 11) is 0. The number of anilines is 1. The number of benzene rings is 1. The van der Waals surface area contributed by atoms with E-state index in [0.717, 1.165) is 28.6 Å². The predicted molar refractivity (Wildman–Crippen MR) is 84.5 cm³/mol. The standard InChI is InChI=1S/C16H13FN4O3/c17-11-3-6-14(18-8-11)21-15(23)7-13(20-21)16(24)19-12-4-1-10(9-22)2-5-12/h1-8,20,22H,9H2,(H,19,24). The van der Waals surface area contributed by atoms with E-state index in [1.165, 1.54) is 6.07 Å². The molecule has 1 aromatic carbocycles. The van der Waals surface area contributed by atoms with Crippen LogP contribution >= 0.6 is 0 Å². The van der Waals surface area contributed by atoms with Gasteiger partial charge in [-0.15, -0.1) is 0 Å². The molecule has 0 spiro atoms. The lowest BCUT2D eigenvalue weighted by Crippen LogP contribution is -2.15. The Morgan fingerprint density at radius 3 is 2.62 bits per heavy atom.